The zero-order valence-electron chi connectivity index (χ0n) is 11.4. The van der Waals surface area contributed by atoms with E-state index in [-0.39, 0.29) is 5.91 Å². The maximum Gasteiger partial charge on any atom is 0.222 e. The molecule has 4 heteroatoms. The number of nitriles is 1. The fourth-order valence-electron chi connectivity index (χ4n) is 2.40. The van der Waals surface area contributed by atoms with Crippen LogP contribution in [0.4, 0.5) is 0 Å². The number of benzene rings is 1. The van der Waals surface area contributed by atoms with Crippen LogP contribution in [0.15, 0.2) is 18.2 Å². The molecule has 1 aliphatic rings. The van der Waals surface area contributed by atoms with Crippen molar-refractivity contribution in [2.45, 2.75) is 32.4 Å². The van der Waals surface area contributed by atoms with Crippen LogP contribution in [0, 0.1) is 18.3 Å². The number of likely N-dealkylation sites (N-methyl/N-ethyl adjacent to an activating group) is 1. The fraction of sp³-hybridized carbons (Fsp3) is 0.467. The largest absolute Gasteiger partial charge is 0.344 e. The summed E-state index contributed by atoms with van der Waals surface area (Å²) in [6.07, 6.45) is 1.53. The highest BCUT2D eigenvalue weighted by atomic mass is 16.2. The van der Waals surface area contributed by atoms with Gasteiger partial charge in [0.05, 0.1) is 11.6 Å². The number of hydrogen-bond acceptors (Lipinski definition) is 3. The third kappa shape index (κ3) is 3.33. The molecule has 1 heterocycles. The van der Waals surface area contributed by atoms with Crippen molar-refractivity contribution in [2.75, 3.05) is 13.6 Å². The van der Waals surface area contributed by atoms with E-state index in [9.17, 15) is 4.79 Å². The molecular weight excluding hydrogens is 238 g/mol. The molecule has 0 saturated carbocycles. The van der Waals surface area contributed by atoms with Gasteiger partial charge in [0.2, 0.25) is 5.91 Å². The lowest BCUT2D eigenvalue weighted by atomic mass is 10.0. The molecule has 1 fully saturated rings. The first-order valence-electron chi connectivity index (χ1n) is 6.57. The minimum atomic E-state index is 0.229. The summed E-state index contributed by atoms with van der Waals surface area (Å²) in [4.78, 5) is 13.2. The lowest BCUT2D eigenvalue weighted by Gasteiger charge is -2.30. The predicted molar refractivity (Wildman–Crippen MR) is 73.4 cm³/mol. The van der Waals surface area contributed by atoms with Crippen LogP contribution in [0.25, 0.3) is 0 Å². The van der Waals surface area contributed by atoms with Crippen LogP contribution >= 0.6 is 0 Å². The second-order valence-corrected chi connectivity index (χ2v) is 5.14. The minimum Gasteiger partial charge on any atom is -0.344 e. The van der Waals surface area contributed by atoms with E-state index in [1.165, 1.54) is 5.56 Å². The molecule has 0 bridgehead atoms. The van der Waals surface area contributed by atoms with E-state index >= 15 is 0 Å². The van der Waals surface area contributed by atoms with Crippen molar-refractivity contribution in [3.05, 3.63) is 34.9 Å². The van der Waals surface area contributed by atoms with Gasteiger partial charge in [-0.1, -0.05) is 6.07 Å². The summed E-state index contributed by atoms with van der Waals surface area (Å²) in [6, 6.07) is 8.26. The van der Waals surface area contributed by atoms with Crippen LogP contribution in [0.3, 0.4) is 0 Å². The molecule has 0 aliphatic carbocycles. The third-order valence-corrected chi connectivity index (χ3v) is 3.68. The second-order valence-electron chi connectivity index (χ2n) is 5.14. The number of nitrogens with one attached hydrogen (secondary N) is 1. The first-order valence-corrected chi connectivity index (χ1v) is 6.57. The summed E-state index contributed by atoms with van der Waals surface area (Å²) in [5.74, 6) is 0.229. The highest BCUT2D eigenvalue weighted by molar-refractivity contribution is 5.76. The average Bonchev–Trinajstić information content (AvgIpc) is 2.41. The van der Waals surface area contributed by atoms with Gasteiger partial charge < -0.3 is 10.2 Å². The van der Waals surface area contributed by atoms with Gasteiger partial charge in [-0.15, -0.1) is 0 Å². The first-order chi connectivity index (χ1) is 9.10. The highest BCUT2D eigenvalue weighted by Crippen LogP contribution is 2.13. The van der Waals surface area contributed by atoms with Crippen molar-refractivity contribution in [1.29, 1.82) is 5.26 Å². The Kier molecular flexibility index (Phi) is 4.18. The molecule has 1 amide bonds. The minimum absolute atomic E-state index is 0.229. The molecule has 0 radical (unpaired) electrons. The van der Waals surface area contributed by atoms with Gasteiger partial charge in [-0.3, -0.25) is 4.79 Å². The molecule has 0 spiro atoms. The van der Waals surface area contributed by atoms with E-state index in [1.54, 1.807) is 4.90 Å². The number of rotatable bonds is 3. The van der Waals surface area contributed by atoms with E-state index in [1.807, 2.05) is 32.2 Å². The molecule has 1 N–H and O–H groups in total. The van der Waals surface area contributed by atoms with E-state index in [0.717, 1.165) is 25.1 Å². The Hall–Kier alpha value is -1.86. The molecule has 4 nitrogen and oxygen atoms in total. The topological polar surface area (TPSA) is 56.1 Å². The van der Waals surface area contributed by atoms with E-state index in [2.05, 4.69) is 11.4 Å². The van der Waals surface area contributed by atoms with Crippen molar-refractivity contribution in [2.24, 2.45) is 0 Å². The van der Waals surface area contributed by atoms with Gasteiger partial charge in [0.25, 0.3) is 0 Å². The fourth-order valence-corrected chi connectivity index (χ4v) is 2.40. The Morgan fingerprint density at radius 2 is 2.32 bits per heavy atom. The van der Waals surface area contributed by atoms with Crippen molar-refractivity contribution in [3.8, 4) is 6.07 Å². The second kappa shape index (κ2) is 5.85. The third-order valence-electron chi connectivity index (χ3n) is 3.68. The summed E-state index contributed by atoms with van der Waals surface area (Å²) >= 11 is 0. The first kappa shape index (κ1) is 13.6. The molecule has 1 saturated heterocycles. The Bertz CT molecular complexity index is 519. The average molecular weight is 257 g/mol. The van der Waals surface area contributed by atoms with Crippen LogP contribution in [0.2, 0.25) is 0 Å². The van der Waals surface area contributed by atoms with Gasteiger partial charge in [-0.25, -0.2) is 0 Å². The van der Waals surface area contributed by atoms with E-state index < -0.39 is 0 Å². The van der Waals surface area contributed by atoms with Crippen LogP contribution in [-0.4, -0.2) is 30.4 Å². The number of carbonyl (C=O) groups excluding carboxylic acids is 1. The molecule has 0 aromatic heterocycles. The number of hydrogen-bond donors (Lipinski definition) is 1. The number of aryl methyl sites for hydroxylation is 1. The maximum absolute atomic E-state index is 11.4. The Balaban J connectivity index is 1.92. The zero-order valence-corrected chi connectivity index (χ0v) is 11.4. The summed E-state index contributed by atoms with van der Waals surface area (Å²) in [5, 5.41) is 12.3. The molecule has 1 atom stereocenters. The standard InChI is InChI=1S/C15H19N3O/c1-11-7-12(8-16)3-4-13(11)9-17-14-5-6-15(19)18(2)10-14/h3-4,7,14,17H,5-6,9-10H2,1-2H3. The summed E-state index contributed by atoms with van der Waals surface area (Å²) in [6.45, 7) is 3.58. The van der Waals surface area contributed by atoms with E-state index in [0.29, 0.717) is 18.0 Å². The van der Waals surface area contributed by atoms with Crippen molar-refractivity contribution in [3.63, 3.8) is 0 Å². The van der Waals surface area contributed by atoms with Crippen LogP contribution in [0.1, 0.15) is 29.5 Å². The van der Waals surface area contributed by atoms with Gasteiger partial charge in [0, 0.05) is 32.6 Å². The highest BCUT2D eigenvalue weighted by Gasteiger charge is 2.22. The molecule has 19 heavy (non-hydrogen) atoms. The molecule has 1 aromatic carbocycles. The van der Waals surface area contributed by atoms with Crippen LogP contribution < -0.4 is 5.32 Å². The zero-order chi connectivity index (χ0) is 13.8. The van der Waals surface area contributed by atoms with Crippen molar-refractivity contribution in [1.82, 2.24) is 10.2 Å². The summed E-state index contributed by atoms with van der Waals surface area (Å²) in [5.41, 5.74) is 3.04. The normalized spacial score (nSPS) is 19.3. The molecule has 1 unspecified atom stereocenters. The number of amides is 1. The van der Waals surface area contributed by atoms with Crippen LogP contribution in [0.5, 0.6) is 0 Å². The number of nitrogens with zero attached hydrogens (tertiary/aromatic N) is 2. The summed E-state index contributed by atoms with van der Waals surface area (Å²) < 4.78 is 0. The number of carbonyl (C=O) groups is 1. The predicted octanol–water partition coefficient (Wildman–Crippen LogP) is 1.58. The van der Waals surface area contributed by atoms with Gasteiger partial charge in [0.15, 0.2) is 0 Å². The van der Waals surface area contributed by atoms with E-state index in [4.69, 9.17) is 5.26 Å². The van der Waals surface area contributed by atoms with Crippen molar-refractivity contribution < 1.29 is 4.79 Å². The van der Waals surface area contributed by atoms with Gasteiger partial charge in [-0.05, 0) is 36.6 Å². The molecule has 2 rings (SSSR count). The van der Waals surface area contributed by atoms with Gasteiger partial charge in [0.1, 0.15) is 0 Å². The molecule has 1 aliphatic heterocycles. The quantitative estimate of drug-likeness (QED) is 0.894. The van der Waals surface area contributed by atoms with Gasteiger partial charge in [-0.2, -0.15) is 5.26 Å². The summed E-state index contributed by atoms with van der Waals surface area (Å²) in [7, 11) is 1.85. The SMILES string of the molecule is Cc1cc(C#N)ccc1CNC1CCC(=O)N(C)C1. The Morgan fingerprint density at radius 1 is 1.53 bits per heavy atom. The Morgan fingerprint density at radius 3 is 2.95 bits per heavy atom. The smallest absolute Gasteiger partial charge is 0.222 e. The molecule has 1 aromatic rings. The monoisotopic (exact) mass is 257 g/mol. The van der Waals surface area contributed by atoms with Gasteiger partial charge >= 0.3 is 0 Å². The lowest BCUT2D eigenvalue weighted by Crippen LogP contribution is -2.46. The molecule has 100 valence electrons. The molecular formula is C15H19N3O. The number of piperidine rings is 1. The Labute approximate surface area is 114 Å². The lowest BCUT2D eigenvalue weighted by molar-refractivity contribution is -0.132. The van der Waals surface area contributed by atoms with Crippen LogP contribution in [-0.2, 0) is 11.3 Å². The maximum atomic E-state index is 11.4. The van der Waals surface area contributed by atoms with Crippen molar-refractivity contribution >= 4 is 5.91 Å². The number of likely N-dealkylation sites (tertiary alicyclic amines) is 1.